The fraction of sp³-hybridized carbons (Fsp3) is 0.348. The van der Waals surface area contributed by atoms with Gasteiger partial charge in [-0.05, 0) is 43.2 Å². The molecule has 1 aliphatic heterocycles. The Hall–Kier alpha value is -2.42. The summed E-state index contributed by atoms with van der Waals surface area (Å²) in [6.07, 6.45) is 2.84. The molecule has 1 aromatic carbocycles. The third kappa shape index (κ3) is 6.53. The van der Waals surface area contributed by atoms with Crippen LogP contribution in [0.4, 0.5) is 10.8 Å². The number of rotatable bonds is 7. The van der Waals surface area contributed by atoms with Gasteiger partial charge in [0.1, 0.15) is 0 Å². The number of thiazole rings is 1. The Labute approximate surface area is 191 Å². The van der Waals surface area contributed by atoms with Crippen LogP contribution in [-0.4, -0.2) is 53.5 Å². The van der Waals surface area contributed by atoms with Gasteiger partial charge in [-0.15, -0.1) is 23.1 Å². The third-order valence-corrected chi connectivity index (χ3v) is 7.10. The average Bonchev–Trinajstić information content (AvgIpc) is 3.08. The molecular formula is C23H27N5OS2. The van der Waals surface area contributed by atoms with Gasteiger partial charge in [0.05, 0.1) is 17.3 Å². The van der Waals surface area contributed by atoms with Crippen molar-refractivity contribution in [1.82, 2.24) is 14.9 Å². The van der Waals surface area contributed by atoms with Crippen LogP contribution >= 0.6 is 23.1 Å². The molecule has 4 rings (SSSR count). The fourth-order valence-corrected chi connectivity index (χ4v) is 5.20. The highest BCUT2D eigenvalue weighted by Gasteiger charge is 2.19. The summed E-state index contributed by atoms with van der Waals surface area (Å²) in [6.45, 7) is 6.13. The van der Waals surface area contributed by atoms with Gasteiger partial charge in [-0.2, -0.15) is 0 Å². The van der Waals surface area contributed by atoms with Gasteiger partial charge >= 0.3 is 0 Å². The molecule has 31 heavy (non-hydrogen) atoms. The molecule has 3 heterocycles. The number of benzene rings is 1. The monoisotopic (exact) mass is 453 g/mol. The van der Waals surface area contributed by atoms with Crippen LogP contribution in [0.25, 0.3) is 0 Å². The van der Waals surface area contributed by atoms with E-state index in [1.807, 2.05) is 43.3 Å². The van der Waals surface area contributed by atoms with E-state index >= 15 is 0 Å². The normalized spacial score (nSPS) is 14.9. The molecule has 162 valence electrons. The number of hydrogen-bond donors (Lipinski definition) is 1. The number of thioether (sulfide) groups is 1. The van der Waals surface area contributed by atoms with Gasteiger partial charge in [-0.3, -0.25) is 9.69 Å². The van der Waals surface area contributed by atoms with Crippen molar-refractivity contribution in [2.24, 2.45) is 0 Å². The molecule has 0 spiro atoms. The highest BCUT2D eigenvalue weighted by Crippen LogP contribution is 2.23. The summed E-state index contributed by atoms with van der Waals surface area (Å²) >= 11 is 3.39. The molecule has 0 bridgehead atoms. The minimum Gasteiger partial charge on any atom is -0.347 e. The SMILES string of the molecule is Cc1csc(N2CCCN(CC(=O)Nc3cccc(CSc4ccccn4)c3)CC2)n1. The van der Waals surface area contributed by atoms with Crippen LogP contribution < -0.4 is 10.2 Å². The highest BCUT2D eigenvalue weighted by molar-refractivity contribution is 7.98. The van der Waals surface area contributed by atoms with Gasteiger partial charge in [-0.25, -0.2) is 9.97 Å². The van der Waals surface area contributed by atoms with Crippen LogP contribution in [0.1, 0.15) is 17.7 Å². The van der Waals surface area contributed by atoms with Crippen molar-refractivity contribution in [2.75, 3.05) is 42.9 Å². The number of pyridine rings is 1. The maximum absolute atomic E-state index is 12.6. The number of carbonyl (C=O) groups excluding carboxylic acids is 1. The Balaban J connectivity index is 1.26. The summed E-state index contributed by atoms with van der Waals surface area (Å²) in [5.74, 6) is 0.854. The average molecular weight is 454 g/mol. The van der Waals surface area contributed by atoms with Crippen molar-refractivity contribution in [1.29, 1.82) is 0 Å². The minimum absolute atomic E-state index is 0.0353. The van der Waals surface area contributed by atoms with E-state index in [1.165, 1.54) is 0 Å². The number of nitrogens with one attached hydrogen (secondary N) is 1. The number of anilines is 2. The molecule has 8 heteroatoms. The van der Waals surface area contributed by atoms with Crippen LogP contribution in [0.2, 0.25) is 0 Å². The predicted octanol–water partition coefficient (Wildman–Crippen LogP) is 4.29. The second-order valence-corrected chi connectivity index (χ2v) is 9.43. The van der Waals surface area contributed by atoms with Gasteiger partial charge < -0.3 is 10.2 Å². The van der Waals surface area contributed by atoms with E-state index in [-0.39, 0.29) is 5.91 Å². The molecule has 1 N–H and O–H groups in total. The Morgan fingerprint density at radius 1 is 1.16 bits per heavy atom. The summed E-state index contributed by atoms with van der Waals surface area (Å²) in [5, 5.41) is 7.24. The van der Waals surface area contributed by atoms with E-state index in [4.69, 9.17) is 0 Å². The van der Waals surface area contributed by atoms with Crippen LogP contribution in [0.5, 0.6) is 0 Å². The van der Waals surface area contributed by atoms with Crippen LogP contribution in [0.15, 0.2) is 59.1 Å². The molecule has 0 saturated carbocycles. The number of nitrogens with zero attached hydrogens (tertiary/aromatic N) is 4. The van der Waals surface area contributed by atoms with Gasteiger partial charge in [0.2, 0.25) is 5.91 Å². The van der Waals surface area contributed by atoms with E-state index in [0.29, 0.717) is 6.54 Å². The summed E-state index contributed by atoms with van der Waals surface area (Å²) in [4.78, 5) is 26.2. The van der Waals surface area contributed by atoms with E-state index in [9.17, 15) is 4.79 Å². The molecule has 6 nitrogen and oxygen atoms in total. The van der Waals surface area contributed by atoms with E-state index in [0.717, 1.165) is 65.5 Å². The lowest BCUT2D eigenvalue weighted by molar-refractivity contribution is -0.117. The number of aromatic nitrogens is 2. The summed E-state index contributed by atoms with van der Waals surface area (Å²) in [5.41, 5.74) is 3.08. The van der Waals surface area contributed by atoms with Crippen molar-refractivity contribution < 1.29 is 4.79 Å². The Kier molecular flexibility index (Phi) is 7.56. The zero-order valence-electron chi connectivity index (χ0n) is 17.7. The molecule has 1 saturated heterocycles. The number of amides is 1. The first-order chi connectivity index (χ1) is 15.2. The maximum Gasteiger partial charge on any atom is 0.238 e. The summed E-state index contributed by atoms with van der Waals surface area (Å²) < 4.78 is 0. The van der Waals surface area contributed by atoms with Crippen LogP contribution in [-0.2, 0) is 10.5 Å². The van der Waals surface area contributed by atoms with E-state index in [1.54, 1.807) is 29.3 Å². The van der Waals surface area contributed by atoms with Crippen molar-refractivity contribution >= 4 is 39.8 Å². The van der Waals surface area contributed by atoms with Crippen LogP contribution in [0, 0.1) is 6.92 Å². The molecule has 3 aromatic rings. The molecule has 1 fully saturated rings. The first kappa shape index (κ1) is 21.8. The van der Waals surface area contributed by atoms with E-state index < -0.39 is 0 Å². The molecule has 1 amide bonds. The molecule has 0 aliphatic carbocycles. The van der Waals surface area contributed by atoms with E-state index in [2.05, 4.69) is 36.5 Å². The fourth-order valence-electron chi connectivity index (χ4n) is 3.54. The zero-order chi connectivity index (χ0) is 21.5. The third-order valence-electron chi connectivity index (χ3n) is 5.07. The second-order valence-electron chi connectivity index (χ2n) is 7.59. The quantitative estimate of drug-likeness (QED) is 0.539. The Bertz CT molecular complexity index is 994. The summed E-state index contributed by atoms with van der Waals surface area (Å²) in [7, 11) is 0. The van der Waals surface area contributed by atoms with Crippen molar-refractivity contribution in [3.63, 3.8) is 0 Å². The largest absolute Gasteiger partial charge is 0.347 e. The molecule has 0 radical (unpaired) electrons. The van der Waals surface area contributed by atoms with Crippen molar-refractivity contribution in [3.8, 4) is 0 Å². The number of aryl methyl sites for hydroxylation is 1. The minimum atomic E-state index is 0.0353. The van der Waals surface area contributed by atoms with Gasteiger partial charge in [0.15, 0.2) is 5.13 Å². The zero-order valence-corrected chi connectivity index (χ0v) is 19.3. The summed E-state index contributed by atoms with van der Waals surface area (Å²) in [6, 6.07) is 14.0. The molecule has 1 aliphatic rings. The number of hydrogen-bond acceptors (Lipinski definition) is 7. The maximum atomic E-state index is 12.6. The molecule has 0 atom stereocenters. The lowest BCUT2D eigenvalue weighted by atomic mass is 10.2. The predicted molar refractivity (Wildman–Crippen MR) is 129 cm³/mol. The number of carbonyl (C=O) groups is 1. The van der Waals surface area contributed by atoms with Crippen molar-refractivity contribution in [2.45, 2.75) is 24.1 Å². The lowest BCUT2D eigenvalue weighted by Gasteiger charge is -2.21. The second kappa shape index (κ2) is 10.7. The molecule has 2 aromatic heterocycles. The molecule has 0 unspecified atom stereocenters. The smallest absolute Gasteiger partial charge is 0.238 e. The van der Waals surface area contributed by atoms with Gasteiger partial charge in [-0.1, -0.05) is 18.2 Å². The Morgan fingerprint density at radius 2 is 2.10 bits per heavy atom. The first-order valence-corrected chi connectivity index (χ1v) is 12.3. The standard InChI is InChI=1S/C23H27N5OS2/c1-18-16-31-23(25-18)28-11-5-10-27(12-13-28)15-21(29)26-20-7-4-6-19(14-20)17-30-22-8-2-3-9-24-22/h2-4,6-9,14,16H,5,10-13,15,17H2,1H3,(H,26,29). The van der Waals surface area contributed by atoms with Crippen LogP contribution in [0.3, 0.4) is 0 Å². The molecular weight excluding hydrogens is 426 g/mol. The Morgan fingerprint density at radius 3 is 2.90 bits per heavy atom. The van der Waals surface area contributed by atoms with Crippen molar-refractivity contribution in [3.05, 3.63) is 65.3 Å². The lowest BCUT2D eigenvalue weighted by Crippen LogP contribution is -2.36. The highest BCUT2D eigenvalue weighted by atomic mass is 32.2. The van der Waals surface area contributed by atoms with Gasteiger partial charge in [0.25, 0.3) is 0 Å². The van der Waals surface area contributed by atoms with Gasteiger partial charge in [0, 0.05) is 49.2 Å². The topological polar surface area (TPSA) is 61.4 Å². The first-order valence-electron chi connectivity index (χ1n) is 10.5.